The molecule has 6 heteroatoms. The molecule has 0 amide bonds. The molecule has 0 saturated carbocycles. The van der Waals surface area contributed by atoms with E-state index in [0.29, 0.717) is 12.2 Å². The summed E-state index contributed by atoms with van der Waals surface area (Å²) in [7, 11) is 0. The molecule has 0 heterocycles. The highest BCUT2D eigenvalue weighted by Crippen LogP contribution is 2.23. The van der Waals surface area contributed by atoms with Gasteiger partial charge in [-0.15, -0.1) is 13.2 Å². The Bertz CT molecular complexity index is 322. The summed E-state index contributed by atoms with van der Waals surface area (Å²) in [6.07, 6.45) is -5.19. The molecule has 0 bridgehead atoms. The smallest absolute Gasteiger partial charge is 0.406 e. The first kappa shape index (κ1) is 12.6. The number of hydrogen-bond acceptors (Lipinski definition) is 3. The molecule has 1 rings (SSSR count). The van der Waals surface area contributed by atoms with Gasteiger partial charge in [-0.3, -0.25) is 0 Å². The maximum absolute atomic E-state index is 11.8. The number of ether oxygens (including phenoxy) is 1. The molecule has 0 aliphatic carbocycles. The zero-order chi connectivity index (χ0) is 12.2. The van der Waals surface area contributed by atoms with E-state index in [9.17, 15) is 13.2 Å². The molecule has 0 fully saturated rings. The van der Waals surface area contributed by atoms with Crippen LogP contribution in [0.2, 0.25) is 0 Å². The van der Waals surface area contributed by atoms with Crippen LogP contribution in [0.25, 0.3) is 0 Å². The van der Waals surface area contributed by atoms with Crippen molar-refractivity contribution in [1.82, 2.24) is 0 Å². The van der Waals surface area contributed by atoms with E-state index in [2.05, 4.69) is 10.1 Å². The third-order valence-corrected chi connectivity index (χ3v) is 1.69. The highest BCUT2D eigenvalue weighted by Gasteiger charge is 2.30. The maximum Gasteiger partial charge on any atom is 0.573 e. The van der Waals surface area contributed by atoms with Crippen molar-refractivity contribution in [2.45, 2.75) is 19.4 Å². The second kappa shape index (κ2) is 5.07. The van der Waals surface area contributed by atoms with E-state index >= 15 is 0 Å². The lowest BCUT2D eigenvalue weighted by Gasteiger charge is -2.11. The zero-order valence-electron chi connectivity index (χ0n) is 8.58. The number of aliphatic hydroxyl groups excluding tert-OH is 1. The predicted octanol–water partition coefficient (Wildman–Crippen LogP) is 2.38. The van der Waals surface area contributed by atoms with Crippen molar-refractivity contribution in [3.63, 3.8) is 0 Å². The van der Waals surface area contributed by atoms with Gasteiger partial charge in [-0.05, 0) is 31.2 Å². The number of nitrogens with one attached hydrogen (secondary N) is 1. The molecule has 0 saturated heterocycles. The summed E-state index contributed by atoms with van der Waals surface area (Å²) >= 11 is 0. The lowest BCUT2D eigenvalue weighted by molar-refractivity contribution is -0.274. The Kier molecular flexibility index (Phi) is 4.00. The van der Waals surface area contributed by atoms with Crippen LogP contribution in [0.5, 0.6) is 5.75 Å². The molecule has 0 aliphatic heterocycles. The summed E-state index contributed by atoms with van der Waals surface area (Å²) in [6.45, 7) is 1.94. The molecule has 3 nitrogen and oxygen atoms in total. The van der Waals surface area contributed by atoms with Crippen LogP contribution in [-0.4, -0.2) is 24.1 Å². The van der Waals surface area contributed by atoms with Gasteiger partial charge < -0.3 is 15.2 Å². The second-order valence-corrected chi connectivity index (χ2v) is 3.30. The Labute approximate surface area is 90.8 Å². The van der Waals surface area contributed by atoms with Crippen molar-refractivity contribution in [2.24, 2.45) is 0 Å². The minimum atomic E-state index is -4.67. The largest absolute Gasteiger partial charge is 0.573 e. The topological polar surface area (TPSA) is 41.5 Å². The molecule has 0 spiro atoms. The Morgan fingerprint density at radius 3 is 2.31 bits per heavy atom. The number of anilines is 1. The molecule has 0 unspecified atom stereocenters. The highest BCUT2D eigenvalue weighted by atomic mass is 19.4. The van der Waals surface area contributed by atoms with Crippen LogP contribution in [0.3, 0.4) is 0 Å². The van der Waals surface area contributed by atoms with Gasteiger partial charge >= 0.3 is 6.36 Å². The number of rotatable bonds is 4. The van der Waals surface area contributed by atoms with Crippen LogP contribution in [0.4, 0.5) is 18.9 Å². The molecule has 16 heavy (non-hydrogen) atoms. The summed E-state index contributed by atoms with van der Waals surface area (Å²) in [5, 5.41) is 11.8. The normalized spacial score (nSPS) is 13.3. The number of halogens is 3. The molecule has 0 aliphatic rings. The summed E-state index contributed by atoms with van der Waals surface area (Å²) in [5.74, 6) is -0.268. The first-order valence-corrected chi connectivity index (χ1v) is 4.64. The van der Waals surface area contributed by atoms with Crippen molar-refractivity contribution in [3.05, 3.63) is 24.3 Å². The molecular formula is C10H12F3NO2. The van der Waals surface area contributed by atoms with E-state index in [1.54, 1.807) is 6.92 Å². The Hall–Kier alpha value is -1.43. The van der Waals surface area contributed by atoms with Gasteiger partial charge in [0.1, 0.15) is 5.75 Å². The van der Waals surface area contributed by atoms with Crippen LogP contribution >= 0.6 is 0 Å². The summed E-state index contributed by atoms with van der Waals surface area (Å²) in [6, 6.07) is 5.31. The number of hydrogen-bond donors (Lipinski definition) is 2. The average molecular weight is 235 g/mol. The molecule has 1 atom stereocenters. The van der Waals surface area contributed by atoms with Crippen molar-refractivity contribution in [1.29, 1.82) is 0 Å². The van der Waals surface area contributed by atoms with E-state index in [1.165, 1.54) is 24.3 Å². The van der Waals surface area contributed by atoms with Crippen molar-refractivity contribution >= 4 is 5.69 Å². The summed E-state index contributed by atoms with van der Waals surface area (Å²) in [5.41, 5.74) is 0.621. The van der Waals surface area contributed by atoms with Crippen LogP contribution in [0.15, 0.2) is 24.3 Å². The van der Waals surface area contributed by atoms with Crippen molar-refractivity contribution < 1.29 is 23.0 Å². The molecule has 90 valence electrons. The van der Waals surface area contributed by atoms with Gasteiger partial charge in [-0.1, -0.05) is 0 Å². The SMILES string of the molecule is C[C@H](O)CNc1ccc(OC(F)(F)F)cc1. The van der Waals surface area contributed by atoms with Gasteiger partial charge in [-0.25, -0.2) is 0 Å². The van der Waals surface area contributed by atoms with E-state index in [-0.39, 0.29) is 5.75 Å². The van der Waals surface area contributed by atoms with Crippen LogP contribution in [-0.2, 0) is 0 Å². The highest BCUT2D eigenvalue weighted by molar-refractivity contribution is 5.46. The van der Waals surface area contributed by atoms with E-state index in [4.69, 9.17) is 5.11 Å². The van der Waals surface area contributed by atoms with Gasteiger partial charge in [0.2, 0.25) is 0 Å². The van der Waals surface area contributed by atoms with Crippen LogP contribution < -0.4 is 10.1 Å². The van der Waals surface area contributed by atoms with E-state index in [1.807, 2.05) is 0 Å². The Morgan fingerprint density at radius 1 is 1.31 bits per heavy atom. The molecule has 2 N–H and O–H groups in total. The predicted molar refractivity (Wildman–Crippen MR) is 53.3 cm³/mol. The van der Waals surface area contributed by atoms with Crippen molar-refractivity contribution in [2.75, 3.05) is 11.9 Å². The van der Waals surface area contributed by atoms with E-state index in [0.717, 1.165) is 0 Å². The van der Waals surface area contributed by atoms with Gasteiger partial charge in [0.25, 0.3) is 0 Å². The molecule has 1 aromatic carbocycles. The minimum Gasteiger partial charge on any atom is -0.406 e. The quantitative estimate of drug-likeness (QED) is 0.841. The molecule has 0 radical (unpaired) electrons. The monoisotopic (exact) mass is 235 g/mol. The van der Waals surface area contributed by atoms with E-state index < -0.39 is 12.5 Å². The molecule has 1 aromatic rings. The minimum absolute atomic E-state index is 0.268. The zero-order valence-corrected chi connectivity index (χ0v) is 8.58. The summed E-state index contributed by atoms with van der Waals surface area (Å²) < 4.78 is 39.2. The standard InChI is InChI=1S/C10H12F3NO2/c1-7(15)6-14-8-2-4-9(5-3-8)16-10(11,12)13/h2-5,7,14-15H,6H2,1H3/t7-/m0/s1. The Morgan fingerprint density at radius 2 is 1.88 bits per heavy atom. The van der Waals surface area contributed by atoms with Gasteiger partial charge in [0.15, 0.2) is 0 Å². The number of benzene rings is 1. The molecule has 0 aromatic heterocycles. The summed E-state index contributed by atoms with van der Waals surface area (Å²) in [4.78, 5) is 0. The first-order chi connectivity index (χ1) is 7.37. The fourth-order valence-electron chi connectivity index (χ4n) is 1.04. The number of alkyl halides is 3. The Balaban J connectivity index is 2.54. The lowest BCUT2D eigenvalue weighted by atomic mass is 10.3. The van der Waals surface area contributed by atoms with Crippen molar-refractivity contribution in [3.8, 4) is 5.75 Å². The fraction of sp³-hybridized carbons (Fsp3) is 0.400. The van der Waals surface area contributed by atoms with Gasteiger partial charge in [0, 0.05) is 12.2 Å². The van der Waals surface area contributed by atoms with Gasteiger partial charge in [0.05, 0.1) is 6.10 Å². The van der Waals surface area contributed by atoms with Crippen LogP contribution in [0, 0.1) is 0 Å². The average Bonchev–Trinajstić information content (AvgIpc) is 2.14. The second-order valence-electron chi connectivity index (χ2n) is 3.30. The maximum atomic E-state index is 11.8. The molecular weight excluding hydrogens is 223 g/mol. The third kappa shape index (κ3) is 4.88. The van der Waals surface area contributed by atoms with Crippen LogP contribution in [0.1, 0.15) is 6.92 Å². The number of aliphatic hydroxyl groups is 1. The van der Waals surface area contributed by atoms with Gasteiger partial charge in [-0.2, -0.15) is 0 Å². The first-order valence-electron chi connectivity index (χ1n) is 4.64. The lowest BCUT2D eigenvalue weighted by Crippen LogP contribution is -2.17. The third-order valence-electron chi connectivity index (χ3n) is 1.69. The fourth-order valence-corrected chi connectivity index (χ4v) is 1.04.